The maximum Gasteiger partial charge on any atom is 0.231 e. The third-order valence-corrected chi connectivity index (χ3v) is 3.50. The number of hydrogen-bond acceptors (Lipinski definition) is 4. The van der Waals surface area contributed by atoms with Gasteiger partial charge in [0.1, 0.15) is 0 Å². The lowest BCUT2D eigenvalue weighted by Crippen LogP contribution is -2.31. The number of carbonyl (C=O) groups is 1. The molecule has 22 heavy (non-hydrogen) atoms. The number of nitrogens with zero attached hydrogens (tertiary/aromatic N) is 1. The highest BCUT2D eigenvalue weighted by Gasteiger charge is 2.18. The molecule has 0 atom stereocenters. The van der Waals surface area contributed by atoms with Gasteiger partial charge in [-0.3, -0.25) is 4.79 Å². The molecule has 2 aromatic rings. The van der Waals surface area contributed by atoms with Gasteiger partial charge in [0, 0.05) is 18.7 Å². The lowest BCUT2D eigenvalue weighted by Gasteiger charge is -2.23. The fourth-order valence-corrected chi connectivity index (χ4v) is 2.41. The van der Waals surface area contributed by atoms with Gasteiger partial charge in [-0.15, -0.1) is 0 Å². The highest BCUT2D eigenvalue weighted by molar-refractivity contribution is 5.93. The van der Waals surface area contributed by atoms with Crippen molar-refractivity contribution in [3.05, 3.63) is 54.1 Å². The van der Waals surface area contributed by atoms with Crippen LogP contribution >= 0.6 is 0 Å². The van der Waals surface area contributed by atoms with Crippen molar-refractivity contribution in [2.75, 3.05) is 18.2 Å². The fraction of sp³-hybridized carbons (Fsp3) is 0.235. The summed E-state index contributed by atoms with van der Waals surface area (Å²) in [5, 5.41) is 0. The van der Waals surface area contributed by atoms with Gasteiger partial charge in [0.15, 0.2) is 11.5 Å². The van der Waals surface area contributed by atoms with E-state index in [4.69, 9.17) is 15.2 Å². The van der Waals surface area contributed by atoms with Crippen molar-refractivity contribution in [3.8, 4) is 11.5 Å². The summed E-state index contributed by atoms with van der Waals surface area (Å²) in [4.78, 5) is 14.1. The van der Waals surface area contributed by atoms with E-state index in [0.717, 1.165) is 22.7 Å². The molecule has 5 nitrogen and oxygen atoms in total. The van der Waals surface area contributed by atoms with E-state index < -0.39 is 0 Å². The van der Waals surface area contributed by atoms with Gasteiger partial charge in [0.2, 0.25) is 12.7 Å². The lowest BCUT2D eigenvalue weighted by molar-refractivity contribution is -0.118. The second kappa shape index (κ2) is 6.49. The van der Waals surface area contributed by atoms with Crippen LogP contribution in [-0.2, 0) is 11.3 Å². The molecule has 1 aliphatic rings. The first kappa shape index (κ1) is 14.4. The number of carbonyl (C=O) groups excluding carboxylic acids is 1. The average Bonchev–Trinajstić information content (AvgIpc) is 3.01. The van der Waals surface area contributed by atoms with E-state index in [1.807, 2.05) is 48.5 Å². The second-order valence-electron chi connectivity index (χ2n) is 5.04. The summed E-state index contributed by atoms with van der Waals surface area (Å²) in [5.41, 5.74) is 7.37. The van der Waals surface area contributed by atoms with Crippen LogP contribution in [0.5, 0.6) is 11.5 Å². The van der Waals surface area contributed by atoms with Crippen LogP contribution in [-0.4, -0.2) is 19.2 Å². The average molecular weight is 298 g/mol. The van der Waals surface area contributed by atoms with Crippen LogP contribution in [0.25, 0.3) is 0 Å². The fourth-order valence-electron chi connectivity index (χ4n) is 2.41. The molecular weight excluding hydrogens is 280 g/mol. The summed E-state index contributed by atoms with van der Waals surface area (Å²) in [6.45, 7) is 1.05. The van der Waals surface area contributed by atoms with E-state index in [0.29, 0.717) is 19.5 Å². The number of para-hydroxylation sites is 1. The number of amides is 1. The van der Waals surface area contributed by atoms with Crippen LogP contribution in [0.4, 0.5) is 5.69 Å². The predicted octanol–water partition coefficient (Wildman–Crippen LogP) is 2.30. The van der Waals surface area contributed by atoms with E-state index >= 15 is 0 Å². The number of anilines is 1. The third kappa shape index (κ3) is 3.04. The normalized spacial score (nSPS) is 12.2. The van der Waals surface area contributed by atoms with Crippen molar-refractivity contribution in [2.24, 2.45) is 5.73 Å². The number of benzene rings is 2. The molecule has 0 unspecified atom stereocenters. The van der Waals surface area contributed by atoms with Crippen molar-refractivity contribution < 1.29 is 14.3 Å². The quantitative estimate of drug-likeness (QED) is 0.920. The van der Waals surface area contributed by atoms with Crippen molar-refractivity contribution in [2.45, 2.75) is 13.0 Å². The molecule has 0 saturated carbocycles. The van der Waals surface area contributed by atoms with Crippen molar-refractivity contribution in [3.63, 3.8) is 0 Å². The minimum Gasteiger partial charge on any atom is -0.454 e. The second-order valence-corrected chi connectivity index (χ2v) is 5.04. The maximum absolute atomic E-state index is 12.4. The Balaban J connectivity index is 1.85. The third-order valence-electron chi connectivity index (χ3n) is 3.50. The molecule has 1 heterocycles. The van der Waals surface area contributed by atoms with Gasteiger partial charge in [-0.25, -0.2) is 0 Å². The van der Waals surface area contributed by atoms with Crippen LogP contribution in [0.3, 0.4) is 0 Å². The molecule has 0 spiro atoms. The van der Waals surface area contributed by atoms with Crippen LogP contribution < -0.4 is 20.1 Å². The van der Waals surface area contributed by atoms with Gasteiger partial charge in [-0.05, 0) is 29.8 Å². The molecule has 0 aromatic heterocycles. The Morgan fingerprint density at radius 3 is 2.64 bits per heavy atom. The monoisotopic (exact) mass is 298 g/mol. The number of ether oxygens (including phenoxy) is 2. The highest BCUT2D eigenvalue weighted by Crippen LogP contribution is 2.33. The minimum absolute atomic E-state index is 0.00590. The first-order valence-electron chi connectivity index (χ1n) is 7.22. The molecule has 114 valence electrons. The smallest absolute Gasteiger partial charge is 0.231 e. The highest BCUT2D eigenvalue weighted by atomic mass is 16.7. The summed E-state index contributed by atoms with van der Waals surface area (Å²) >= 11 is 0. The van der Waals surface area contributed by atoms with Gasteiger partial charge < -0.3 is 20.1 Å². The topological polar surface area (TPSA) is 64.8 Å². The molecule has 5 heteroatoms. The van der Waals surface area contributed by atoms with Crippen molar-refractivity contribution >= 4 is 11.6 Å². The Morgan fingerprint density at radius 1 is 1.09 bits per heavy atom. The van der Waals surface area contributed by atoms with E-state index in [-0.39, 0.29) is 12.7 Å². The van der Waals surface area contributed by atoms with Crippen LogP contribution in [0.1, 0.15) is 12.0 Å². The molecule has 0 bridgehead atoms. The molecular formula is C17H18N2O3. The summed E-state index contributed by atoms with van der Waals surface area (Å²) in [6.07, 6.45) is 0.319. The van der Waals surface area contributed by atoms with Crippen LogP contribution in [0, 0.1) is 0 Å². The van der Waals surface area contributed by atoms with Gasteiger partial charge >= 0.3 is 0 Å². The predicted molar refractivity (Wildman–Crippen MR) is 83.9 cm³/mol. The lowest BCUT2D eigenvalue weighted by atomic mass is 10.1. The number of fused-ring (bicyclic) bond motifs is 1. The standard InChI is InChI=1S/C17H18N2O3/c18-9-8-17(20)19(14-4-2-1-3-5-14)11-13-6-7-15-16(10-13)22-12-21-15/h1-7,10H,8-9,11-12,18H2. The zero-order valence-electron chi connectivity index (χ0n) is 12.2. The number of rotatable bonds is 5. The minimum atomic E-state index is 0.00590. The SMILES string of the molecule is NCCC(=O)N(Cc1ccc2c(c1)OCO2)c1ccccc1. The van der Waals surface area contributed by atoms with Crippen LogP contribution in [0.2, 0.25) is 0 Å². The Morgan fingerprint density at radius 2 is 1.86 bits per heavy atom. The van der Waals surface area contributed by atoms with Gasteiger partial charge in [-0.1, -0.05) is 24.3 Å². The zero-order valence-corrected chi connectivity index (χ0v) is 12.2. The maximum atomic E-state index is 12.4. The molecule has 0 saturated heterocycles. The zero-order chi connectivity index (χ0) is 15.4. The van der Waals surface area contributed by atoms with E-state index in [2.05, 4.69) is 0 Å². The summed E-state index contributed by atoms with van der Waals surface area (Å²) < 4.78 is 10.7. The summed E-state index contributed by atoms with van der Waals surface area (Å²) in [7, 11) is 0. The summed E-state index contributed by atoms with van der Waals surface area (Å²) in [5.74, 6) is 1.46. The molecule has 1 amide bonds. The molecule has 0 aliphatic carbocycles. The van der Waals surface area contributed by atoms with E-state index in [1.54, 1.807) is 4.90 Å². The first-order chi connectivity index (χ1) is 10.8. The Bertz CT molecular complexity index is 658. The van der Waals surface area contributed by atoms with E-state index in [9.17, 15) is 4.79 Å². The molecule has 2 N–H and O–H groups in total. The summed E-state index contributed by atoms with van der Waals surface area (Å²) in [6, 6.07) is 15.3. The van der Waals surface area contributed by atoms with Crippen molar-refractivity contribution in [1.29, 1.82) is 0 Å². The molecule has 0 radical (unpaired) electrons. The number of nitrogens with two attached hydrogens (primary N) is 1. The molecule has 0 fully saturated rings. The molecule has 1 aliphatic heterocycles. The van der Waals surface area contributed by atoms with Crippen LogP contribution in [0.15, 0.2) is 48.5 Å². The first-order valence-corrected chi connectivity index (χ1v) is 7.22. The Kier molecular flexibility index (Phi) is 4.25. The molecule has 3 rings (SSSR count). The van der Waals surface area contributed by atoms with Gasteiger partial charge in [0.05, 0.1) is 6.54 Å². The Hall–Kier alpha value is -2.53. The largest absolute Gasteiger partial charge is 0.454 e. The number of hydrogen-bond donors (Lipinski definition) is 1. The van der Waals surface area contributed by atoms with E-state index in [1.165, 1.54) is 0 Å². The van der Waals surface area contributed by atoms with Gasteiger partial charge in [-0.2, -0.15) is 0 Å². The molecule has 2 aromatic carbocycles. The van der Waals surface area contributed by atoms with Gasteiger partial charge in [0.25, 0.3) is 0 Å². The van der Waals surface area contributed by atoms with Crippen molar-refractivity contribution in [1.82, 2.24) is 0 Å². The Labute approximate surface area is 129 Å².